The Morgan fingerprint density at radius 3 is 3.00 bits per heavy atom. The second-order valence-electron chi connectivity index (χ2n) is 4.29. The number of rotatable bonds is 5. The first-order chi connectivity index (χ1) is 8.31. The SMILES string of the molecule is OC[C@H]1CCCN1CCOc1ccccc1Br. The lowest BCUT2D eigenvalue weighted by Gasteiger charge is -2.22. The van der Waals surface area contributed by atoms with Gasteiger partial charge >= 0.3 is 0 Å². The highest BCUT2D eigenvalue weighted by Crippen LogP contribution is 2.24. The molecule has 1 saturated heterocycles. The summed E-state index contributed by atoms with van der Waals surface area (Å²) < 4.78 is 6.71. The summed E-state index contributed by atoms with van der Waals surface area (Å²) in [7, 11) is 0. The Kier molecular flexibility index (Phi) is 4.83. The molecule has 0 aromatic heterocycles. The van der Waals surface area contributed by atoms with E-state index in [2.05, 4.69) is 20.8 Å². The van der Waals surface area contributed by atoms with Gasteiger partial charge in [-0.1, -0.05) is 12.1 Å². The lowest BCUT2D eigenvalue weighted by atomic mass is 10.2. The third-order valence-electron chi connectivity index (χ3n) is 3.18. The molecule has 1 aromatic carbocycles. The smallest absolute Gasteiger partial charge is 0.133 e. The van der Waals surface area contributed by atoms with Crippen molar-refractivity contribution in [3.63, 3.8) is 0 Å². The van der Waals surface area contributed by atoms with Gasteiger partial charge in [-0.25, -0.2) is 0 Å². The van der Waals surface area contributed by atoms with Crippen LogP contribution in [-0.2, 0) is 0 Å². The summed E-state index contributed by atoms with van der Waals surface area (Å²) >= 11 is 3.46. The number of aliphatic hydroxyl groups is 1. The van der Waals surface area contributed by atoms with Crippen LogP contribution in [0.1, 0.15) is 12.8 Å². The van der Waals surface area contributed by atoms with Gasteiger partial charge in [0.15, 0.2) is 0 Å². The molecular weight excluding hydrogens is 282 g/mol. The molecular formula is C13H18BrNO2. The molecule has 0 aliphatic carbocycles. The van der Waals surface area contributed by atoms with Crippen molar-refractivity contribution >= 4 is 15.9 Å². The van der Waals surface area contributed by atoms with E-state index in [1.807, 2.05) is 24.3 Å². The number of hydrogen-bond acceptors (Lipinski definition) is 3. The van der Waals surface area contributed by atoms with Crippen molar-refractivity contribution in [2.75, 3.05) is 26.3 Å². The maximum atomic E-state index is 9.21. The number of halogens is 1. The highest BCUT2D eigenvalue weighted by Gasteiger charge is 2.23. The summed E-state index contributed by atoms with van der Waals surface area (Å²) in [5, 5.41) is 9.21. The standard InChI is InChI=1S/C13H18BrNO2/c14-12-5-1-2-6-13(12)17-9-8-15-7-3-4-11(15)10-16/h1-2,5-6,11,16H,3-4,7-10H2/t11-/m1/s1. The zero-order valence-corrected chi connectivity index (χ0v) is 11.4. The monoisotopic (exact) mass is 299 g/mol. The van der Waals surface area contributed by atoms with E-state index in [-0.39, 0.29) is 6.61 Å². The van der Waals surface area contributed by atoms with Crippen LogP contribution in [0.2, 0.25) is 0 Å². The molecule has 3 nitrogen and oxygen atoms in total. The molecule has 17 heavy (non-hydrogen) atoms. The van der Waals surface area contributed by atoms with E-state index in [1.54, 1.807) is 0 Å². The van der Waals surface area contributed by atoms with Crippen molar-refractivity contribution in [1.29, 1.82) is 0 Å². The van der Waals surface area contributed by atoms with E-state index >= 15 is 0 Å². The summed E-state index contributed by atoms with van der Waals surface area (Å²) in [6, 6.07) is 8.20. The summed E-state index contributed by atoms with van der Waals surface area (Å²) in [5.74, 6) is 0.882. The van der Waals surface area contributed by atoms with Gasteiger partial charge in [-0.2, -0.15) is 0 Å². The van der Waals surface area contributed by atoms with Crippen LogP contribution < -0.4 is 4.74 Å². The van der Waals surface area contributed by atoms with Gasteiger partial charge in [-0.05, 0) is 47.4 Å². The van der Waals surface area contributed by atoms with Gasteiger partial charge in [0.25, 0.3) is 0 Å². The number of aliphatic hydroxyl groups excluding tert-OH is 1. The van der Waals surface area contributed by atoms with Crippen LogP contribution in [0.4, 0.5) is 0 Å². The number of likely N-dealkylation sites (tertiary alicyclic amines) is 1. The maximum absolute atomic E-state index is 9.21. The van der Waals surface area contributed by atoms with Gasteiger partial charge in [0.05, 0.1) is 11.1 Å². The van der Waals surface area contributed by atoms with E-state index in [0.29, 0.717) is 12.6 Å². The molecule has 0 spiro atoms. The first-order valence-electron chi connectivity index (χ1n) is 6.03. The minimum atomic E-state index is 0.259. The predicted molar refractivity (Wildman–Crippen MR) is 71.3 cm³/mol. The zero-order valence-electron chi connectivity index (χ0n) is 9.81. The average Bonchev–Trinajstić information content (AvgIpc) is 2.79. The normalized spacial score (nSPS) is 20.7. The molecule has 94 valence electrons. The second-order valence-corrected chi connectivity index (χ2v) is 5.15. The van der Waals surface area contributed by atoms with Crippen molar-refractivity contribution in [3.05, 3.63) is 28.7 Å². The highest BCUT2D eigenvalue weighted by molar-refractivity contribution is 9.10. The van der Waals surface area contributed by atoms with Crippen LogP contribution >= 0.6 is 15.9 Å². The molecule has 1 aliphatic heterocycles. The Hall–Kier alpha value is -0.580. The average molecular weight is 300 g/mol. The van der Waals surface area contributed by atoms with Gasteiger partial charge in [0.1, 0.15) is 12.4 Å². The largest absolute Gasteiger partial charge is 0.491 e. The van der Waals surface area contributed by atoms with E-state index in [0.717, 1.165) is 29.7 Å². The number of nitrogens with zero attached hydrogens (tertiary/aromatic N) is 1. The minimum Gasteiger partial charge on any atom is -0.491 e. The summed E-state index contributed by atoms with van der Waals surface area (Å²) in [4.78, 5) is 2.30. The highest BCUT2D eigenvalue weighted by atomic mass is 79.9. The lowest BCUT2D eigenvalue weighted by Crippen LogP contribution is -2.35. The molecule has 4 heteroatoms. The van der Waals surface area contributed by atoms with Gasteiger partial charge in [0.2, 0.25) is 0 Å². The minimum absolute atomic E-state index is 0.259. The molecule has 1 aliphatic rings. The van der Waals surface area contributed by atoms with Crippen molar-refractivity contribution < 1.29 is 9.84 Å². The fraction of sp³-hybridized carbons (Fsp3) is 0.538. The number of hydrogen-bond donors (Lipinski definition) is 1. The van der Waals surface area contributed by atoms with Gasteiger partial charge in [-0.15, -0.1) is 0 Å². The molecule has 1 fully saturated rings. The quantitative estimate of drug-likeness (QED) is 0.905. The van der Waals surface area contributed by atoms with E-state index in [1.165, 1.54) is 6.42 Å². The number of ether oxygens (including phenoxy) is 1. The molecule has 1 aromatic rings. The van der Waals surface area contributed by atoms with Crippen LogP contribution in [0.25, 0.3) is 0 Å². The van der Waals surface area contributed by atoms with Crippen molar-refractivity contribution in [1.82, 2.24) is 4.90 Å². The summed E-state index contributed by atoms with van der Waals surface area (Å²) in [5.41, 5.74) is 0. The van der Waals surface area contributed by atoms with Crippen LogP contribution in [0, 0.1) is 0 Å². The van der Waals surface area contributed by atoms with Gasteiger partial charge in [-0.3, -0.25) is 4.90 Å². The first kappa shape index (κ1) is 12.9. The molecule has 1 heterocycles. The van der Waals surface area contributed by atoms with Crippen molar-refractivity contribution in [2.45, 2.75) is 18.9 Å². The third-order valence-corrected chi connectivity index (χ3v) is 3.84. The van der Waals surface area contributed by atoms with Crippen LogP contribution in [0.15, 0.2) is 28.7 Å². The molecule has 0 saturated carbocycles. The van der Waals surface area contributed by atoms with E-state index in [9.17, 15) is 5.11 Å². The van der Waals surface area contributed by atoms with Crippen LogP contribution in [-0.4, -0.2) is 42.4 Å². The maximum Gasteiger partial charge on any atom is 0.133 e. The van der Waals surface area contributed by atoms with Gasteiger partial charge < -0.3 is 9.84 Å². The van der Waals surface area contributed by atoms with E-state index < -0.39 is 0 Å². The number of para-hydroxylation sites is 1. The molecule has 1 N–H and O–H groups in total. The topological polar surface area (TPSA) is 32.7 Å². The Morgan fingerprint density at radius 2 is 2.24 bits per heavy atom. The Balaban J connectivity index is 1.78. The molecule has 1 atom stereocenters. The molecule has 0 unspecified atom stereocenters. The second kappa shape index (κ2) is 6.38. The Bertz CT molecular complexity index is 359. The number of benzene rings is 1. The van der Waals surface area contributed by atoms with Crippen molar-refractivity contribution in [2.24, 2.45) is 0 Å². The molecule has 2 rings (SSSR count). The fourth-order valence-electron chi connectivity index (χ4n) is 2.23. The van der Waals surface area contributed by atoms with E-state index in [4.69, 9.17) is 4.74 Å². The van der Waals surface area contributed by atoms with Crippen molar-refractivity contribution in [3.8, 4) is 5.75 Å². The van der Waals surface area contributed by atoms with Gasteiger partial charge in [0, 0.05) is 12.6 Å². The fourth-order valence-corrected chi connectivity index (χ4v) is 2.63. The lowest BCUT2D eigenvalue weighted by molar-refractivity contribution is 0.139. The summed E-state index contributed by atoms with van der Waals surface area (Å²) in [6.45, 7) is 2.88. The molecule has 0 radical (unpaired) electrons. The molecule has 0 bridgehead atoms. The van der Waals surface area contributed by atoms with Crippen LogP contribution in [0.5, 0.6) is 5.75 Å². The summed E-state index contributed by atoms with van der Waals surface area (Å²) in [6.07, 6.45) is 2.28. The zero-order chi connectivity index (χ0) is 12.1. The third kappa shape index (κ3) is 3.44. The first-order valence-corrected chi connectivity index (χ1v) is 6.83. The Morgan fingerprint density at radius 1 is 1.41 bits per heavy atom. The predicted octanol–water partition coefficient (Wildman–Crippen LogP) is 2.28. The van der Waals surface area contributed by atoms with Crippen LogP contribution in [0.3, 0.4) is 0 Å². The Labute approximate surface area is 111 Å². The molecule has 0 amide bonds.